The lowest BCUT2D eigenvalue weighted by atomic mass is 10.1. The van der Waals surface area contributed by atoms with Crippen LogP contribution in [0.2, 0.25) is 0 Å². The molecule has 0 aliphatic heterocycles. The molecule has 0 saturated heterocycles. The standard InChI is InChI=1S/C15H14F3N3O3S/c1-8-4-2-3-5-12(8)21-14(22)9-6-13(25(20,23)24)10(7-11(9)19)15(16,17)18/h2-7H,19H2,1H3,(H,21,22)(H2,20,23,24). The van der Waals surface area contributed by atoms with Crippen molar-refractivity contribution in [3.8, 4) is 0 Å². The fraction of sp³-hybridized carbons (Fsp3) is 0.133. The number of benzene rings is 2. The first kappa shape index (κ1) is 18.7. The van der Waals surface area contributed by atoms with Gasteiger partial charge in [0.2, 0.25) is 10.0 Å². The van der Waals surface area contributed by atoms with Gasteiger partial charge in [0.1, 0.15) is 0 Å². The van der Waals surface area contributed by atoms with Gasteiger partial charge in [0.25, 0.3) is 5.91 Å². The topological polar surface area (TPSA) is 115 Å². The number of nitrogens with two attached hydrogens (primary N) is 2. The summed E-state index contributed by atoms with van der Waals surface area (Å²) in [6, 6.07) is 7.58. The van der Waals surface area contributed by atoms with E-state index in [0.717, 1.165) is 0 Å². The molecule has 0 atom stereocenters. The van der Waals surface area contributed by atoms with Crippen molar-refractivity contribution in [3.05, 3.63) is 53.1 Å². The van der Waals surface area contributed by atoms with Crippen molar-refractivity contribution in [1.82, 2.24) is 0 Å². The molecule has 0 aromatic heterocycles. The minimum absolute atomic E-state index is 0.381. The fourth-order valence-corrected chi connectivity index (χ4v) is 2.92. The fourth-order valence-electron chi connectivity index (χ4n) is 2.15. The molecule has 6 nitrogen and oxygen atoms in total. The molecule has 2 aromatic rings. The van der Waals surface area contributed by atoms with E-state index in [-0.39, 0.29) is 0 Å². The summed E-state index contributed by atoms with van der Waals surface area (Å²) in [5.74, 6) is -0.856. The van der Waals surface area contributed by atoms with Crippen LogP contribution in [0.1, 0.15) is 21.5 Å². The second-order valence-electron chi connectivity index (χ2n) is 5.25. The van der Waals surface area contributed by atoms with Gasteiger partial charge in [-0.15, -0.1) is 0 Å². The van der Waals surface area contributed by atoms with Gasteiger partial charge in [0, 0.05) is 11.4 Å². The van der Waals surface area contributed by atoms with Crippen molar-refractivity contribution in [2.75, 3.05) is 11.1 Å². The van der Waals surface area contributed by atoms with Crippen LogP contribution in [0.5, 0.6) is 0 Å². The largest absolute Gasteiger partial charge is 0.417 e. The Morgan fingerprint density at radius 2 is 1.76 bits per heavy atom. The van der Waals surface area contributed by atoms with E-state index in [1.54, 1.807) is 31.2 Å². The zero-order chi connectivity index (χ0) is 19.0. The van der Waals surface area contributed by atoms with Crippen LogP contribution in [-0.4, -0.2) is 14.3 Å². The number of rotatable bonds is 3. The molecular weight excluding hydrogens is 359 g/mol. The van der Waals surface area contributed by atoms with Crippen LogP contribution in [-0.2, 0) is 16.2 Å². The van der Waals surface area contributed by atoms with Crippen LogP contribution in [0.3, 0.4) is 0 Å². The number of hydrogen-bond acceptors (Lipinski definition) is 4. The summed E-state index contributed by atoms with van der Waals surface area (Å²) in [6.45, 7) is 1.71. The maximum Gasteiger partial charge on any atom is 0.417 e. The highest BCUT2D eigenvalue weighted by Crippen LogP contribution is 2.36. The third-order valence-electron chi connectivity index (χ3n) is 3.40. The minimum atomic E-state index is -5.00. The van der Waals surface area contributed by atoms with Gasteiger partial charge in [0.05, 0.1) is 16.0 Å². The molecule has 25 heavy (non-hydrogen) atoms. The van der Waals surface area contributed by atoms with Crippen molar-refractivity contribution >= 4 is 27.3 Å². The van der Waals surface area contributed by atoms with E-state index >= 15 is 0 Å². The molecule has 0 spiro atoms. The van der Waals surface area contributed by atoms with Crippen LogP contribution in [0.25, 0.3) is 0 Å². The Bertz CT molecular complexity index is 941. The number of carbonyl (C=O) groups is 1. The van der Waals surface area contributed by atoms with E-state index in [2.05, 4.69) is 5.32 Å². The number of anilines is 2. The van der Waals surface area contributed by atoms with Gasteiger partial charge in [-0.05, 0) is 30.7 Å². The van der Waals surface area contributed by atoms with Gasteiger partial charge in [-0.3, -0.25) is 4.79 Å². The molecule has 10 heteroatoms. The maximum absolute atomic E-state index is 13.0. The van der Waals surface area contributed by atoms with Gasteiger partial charge in [-0.2, -0.15) is 13.2 Å². The Kier molecular flexibility index (Phi) is 4.78. The second kappa shape index (κ2) is 6.37. The first-order chi connectivity index (χ1) is 11.4. The second-order valence-corrected chi connectivity index (χ2v) is 6.78. The highest BCUT2D eigenvalue weighted by Gasteiger charge is 2.37. The van der Waals surface area contributed by atoms with Crippen LogP contribution < -0.4 is 16.2 Å². The molecule has 134 valence electrons. The number of nitrogen functional groups attached to an aromatic ring is 1. The third kappa shape index (κ3) is 4.09. The highest BCUT2D eigenvalue weighted by molar-refractivity contribution is 7.89. The number of primary sulfonamides is 1. The molecule has 0 saturated carbocycles. The van der Waals surface area contributed by atoms with E-state index in [9.17, 15) is 26.4 Å². The predicted molar refractivity (Wildman–Crippen MR) is 86.4 cm³/mol. The van der Waals surface area contributed by atoms with Crippen LogP contribution in [0.4, 0.5) is 24.5 Å². The van der Waals surface area contributed by atoms with Gasteiger partial charge >= 0.3 is 6.18 Å². The molecule has 0 fully saturated rings. The summed E-state index contributed by atoms with van der Waals surface area (Å²) >= 11 is 0. The van der Waals surface area contributed by atoms with E-state index in [1.165, 1.54) is 0 Å². The van der Waals surface area contributed by atoms with Crippen molar-refractivity contribution < 1.29 is 26.4 Å². The molecule has 0 heterocycles. The highest BCUT2D eigenvalue weighted by atomic mass is 32.2. The summed E-state index contributed by atoms with van der Waals surface area (Å²) in [7, 11) is -4.73. The quantitative estimate of drug-likeness (QED) is 0.717. The predicted octanol–water partition coefficient (Wildman–Crippen LogP) is 2.50. The number of sulfonamides is 1. The minimum Gasteiger partial charge on any atom is -0.398 e. The van der Waals surface area contributed by atoms with E-state index < -0.39 is 43.8 Å². The molecular formula is C15H14F3N3O3S. The molecule has 0 aliphatic rings. The summed E-state index contributed by atoms with van der Waals surface area (Å²) in [5, 5.41) is 7.32. The Morgan fingerprint density at radius 1 is 1.16 bits per heavy atom. The monoisotopic (exact) mass is 373 g/mol. The zero-order valence-corrected chi connectivity index (χ0v) is 13.7. The number of para-hydroxylation sites is 1. The van der Waals surface area contributed by atoms with E-state index in [0.29, 0.717) is 23.4 Å². The van der Waals surface area contributed by atoms with Crippen molar-refractivity contribution in [2.45, 2.75) is 18.0 Å². The lowest BCUT2D eigenvalue weighted by Gasteiger charge is -2.15. The van der Waals surface area contributed by atoms with Gasteiger partial charge in [-0.1, -0.05) is 18.2 Å². The SMILES string of the molecule is Cc1ccccc1NC(=O)c1cc(S(N)(=O)=O)c(C(F)(F)F)cc1N. The smallest absolute Gasteiger partial charge is 0.398 e. The van der Waals surface area contributed by atoms with Gasteiger partial charge < -0.3 is 11.1 Å². The van der Waals surface area contributed by atoms with Gasteiger partial charge in [-0.25, -0.2) is 13.6 Å². The Hall–Kier alpha value is -2.59. The number of aryl methyl sites for hydroxylation is 1. The van der Waals surface area contributed by atoms with Crippen LogP contribution in [0.15, 0.2) is 41.3 Å². The summed E-state index contributed by atoms with van der Waals surface area (Å²) in [5.41, 5.74) is 4.15. The number of carbonyl (C=O) groups excluding carboxylic acids is 1. The Morgan fingerprint density at radius 3 is 2.28 bits per heavy atom. The lowest BCUT2D eigenvalue weighted by molar-refractivity contribution is -0.139. The van der Waals surface area contributed by atoms with E-state index in [4.69, 9.17) is 10.9 Å². The number of halogens is 3. The van der Waals surface area contributed by atoms with Crippen molar-refractivity contribution in [2.24, 2.45) is 5.14 Å². The zero-order valence-electron chi connectivity index (χ0n) is 12.9. The third-order valence-corrected chi connectivity index (χ3v) is 4.35. The van der Waals surface area contributed by atoms with Crippen LogP contribution in [0, 0.1) is 6.92 Å². The lowest BCUT2D eigenvalue weighted by Crippen LogP contribution is -2.22. The Labute approximate surface area is 141 Å². The first-order valence-corrected chi connectivity index (χ1v) is 8.36. The summed E-state index contributed by atoms with van der Waals surface area (Å²) in [4.78, 5) is 11.1. The molecule has 1 amide bonds. The van der Waals surface area contributed by atoms with E-state index in [1.807, 2.05) is 0 Å². The molecule has 0 bridgehead atoms. The number of hydrogen-bond donors (Lipinski definition) is 3. The van der Waals surface area contributed by atoms with Crippen LogP contribution >= 0.6 is 0 Å². The number of amides is 1. The normalized spacial score (nSPS) is 12.0. The number of nitrogens with one attached hydrogen (secondary N) is 1. The average molecular weight is 373 g/mol. The summed E-state index contributed by atoms with van der Waals surface area (Å²) < 4.78 is 62.1. The Balaban J connectivity index is 2.56. The van der Waals surface area contributed by atoms with Gasteiger partial charge in [0.15, 0.2) is 0 Å². The molecule has 0 radical (unpaired) electrons. The molecule has 0 aliphatic carbocycles. The summed E-state index contributed by atoms with van der Waals surface area (Å²) in [6.07, 6.45) is -5.00. The molecule has 2 aromatic carbocycles. The molecule has 2 rings (SSSR count). The maximum atomic E-state index is 13.0. The molecule has 5 N–H and O–H groups in total. The van der Waals surface area contributed by atoms with Crippen molar-refractivity contribution in [3.63, 3.8) is 0 Å². The number of alkyl halides is 3. The molecule has 0 unspecified atom stereocenters. The first-order valence-electron chi connectivity index (χ1n) is 6.81. The van der Waals surface area contributed by atoms with Crippen molar-refractivity contribution in [1.29, 1.82) is 0 Å². The average Bonchev–Trinajstić information content (AvgIpc) is 2.47.